The van der Waals surface area contributed by atoms with E-state index in [9.17, 15) is 8.42 Å². The Bertz CT molecular complexity index is 369. The largest absolute Gasteiger partial charge is 0.279 e. The predicted molar refractivity (Wildman–Crippen MR) is 49.2 cm³/mol. The van der Waals surface area contributed by atoms with Crippen LogP contribution < -0.4 is 0 Å². The lowest BCUT2D eigenvalue weighted by molar-refractivity contribution is 0.606. The molecule has 0 aromatic carbocycles. The third-order valence-electron chi connectivity index (χ3n) is 1.24. The minimum atomic E-state index is -3.64. The van der Waals surface area contributed by atoms with Gasteiger partial charge in [0, 0.05) is 22.0 Å². The second-order valence-corrected chi connectivity index (χ2v) is 6.02. The van der Waals surface area contributed by atoms with Crippen LogP contribution in [0.5, 0.6) is 0 Å². The first-order valence-corrected chi connectivity index (χ1v) is 6.50. The maximum Gasteiger partial charge on any atom is 0.279 e. The summed E-state index contributed by atoms with van der Waals surface area (Å²) in [6.07, 6.45) is 0. The molecule has 0 aliphatic heterocycles. The number of hydrogen-bond acceptors (Lipinski definition) is 4. The zero-order valence-electron chi connectivity index (χ0n) is 6.61. The van der Waals surface area contributed by atoms with Crippen molar-refractivity contribution in [3.63, 3.8) is 0 Å². The highest BCUT2D eigenvalue weighted by Crippen LogP contribution is 2.23. The number of rotatable bonds is 2. The van der Waals surface area contributed by atoms with Gasteiger partial charge in [-0.1, -0.05) is 13.8 Å². The van der Waals surface area contributed by atoms with Crippen molar-refractivity contribution < 1.29 is 8.42 Å². The zero-order valence-corrected chi connectivity index (χ0v) is 9.00. The van der Waals surface area contributed by atoms with Crippen molar-refractivity contribution in [2.45, 2.75) is 24.8 Å². The van der Waals surface area contributed by atoms with Gasteiger partial charge < -0.3 is 0 Å². The minimum absolute atomic E-state index is 0.0436. The van der Waals surface area contributed by atoms with E-state index in [4.69, 9.17) is 10.7 Å². The molecule has 0 spiro atoms. The number of aromatic nitrogens is 1. The summed E-state index contributed by atoms with van der Waals surface area (Å²) < 4.78 is 21.6. The Labute approximate surface area is 79.8 Å². The van der Waals surface area contributed by atoms with Crippen molar-refractivity contribution in [3.05, 3.63) is 10.4 Å². The van der Waals surface area contributed by atoms with Crippen LogP contribution in [0.25, 0.3) is 0 Å². The van der Waals surface area contributed by atoms with Crippen LogP contribution in [0, 0.1) is 0 Å². The Morgan fingerprint density at radius 2 is 2.17 bits per heavy atom. The maximum atomic E-state index is 10.8. The quantitative estimate of drug-likeness (QED) is 0.725. The summed E-state index contributed by atoms with van der Waals surface area (Å²) >= 11 is 1.31. The van der Waals surface area contributed by atoms with E-state index in [1.54, 1.807) is 0 Å². The number of hydrogen-bond donors (Lipinski definition) is 0. The summed E-state index contributed by atoms with van der Waals surface area (Å²) in [5.74, 6) is 0.238. The van der Waals surface area contributed by atoms with Crippen molar-refractivity contribution in [2.24, 2.45) is 0 Å². The van der Waals surface area contributed by atoms with Crippen LogP contribution in [0.3, 0.4) is 0 Å². The molecule has 0 fully saturated rings. The van der Waals surface area contributed by atoms with Crippen molar-refractivity contribution in [3.8, 4) is 0 Å². The SMILES string of the molecule is CC(C)c1nc(S(=O)(=O)Cl)cs1. The molecule has 1 aromatic rings. The number of thiazole rings is 1. The molecular weight excluding hydrogens is 218 g/mol. The van der Waals surface area contributed by atoms with Crippen molar-refractivity contribution in [1.29, 1.82) is 0 Å². The summed E-state index contributed by atoms with van der Waals surface area (Å²) in [6, 6.07) is 0. The first-order valence-electron chi connectivity index (χ1n) is 3.31. The molecule has 1 rings (SSSR count). The average Bonchev–Trinajstić information content (AvgIpc) is 2.30. The van der Waals surface area contributed by atoms with E-state index in [0.29, 0.717) is 0 Å². The molecule has 0 radical (unpaired) electrons. The summed E-state index contributed by atoms with van der Waals surface area (Å²) in [5, 5.41) is 2.20. The smallest absolute Gasteiger partial charge is 0.228 e. The maximum absolute atomic E-state index is 10.8. The van der Waals surface area contributed by atoms with E-state index in [1.165, 1.54) is 16.7 Å². The van der Waals surface area contributed by atoms with Crippen LogP contribution in [-0.4, -0.2) is 13.4 Å². The van der Waals surface area contributed by atoms with Gasteiger partial charge in [0.05, 0.1) is 5.01 Å². The Kier molecular flexibility index (Phi) is 2.75. The highest BCUT2D eigenvalue weighted by Gasteiger charge is 2.15. The lowest BCUT2D eigenvalue weighted by Gasteiger charge is -1.95. The van der Waals surface area contributed by atoms with Gasteiger partial charge in [0.15, 0.2) is 5.03 Å². The van der Waals surface area contributed by atoms with Crippen LogP contribution in [0.2, 0.25) is 0 Å². The highest BCUT2D eigenvalue weighted by molar-refractivity contribution is 8.13. The molecule has 0 N–H and O–H groups in total. The highest BCUT2D eigenvalue weighted by atomic mass is 35.7. The molecule has 1 heterocycles. The zero-order chi connectivity index (χ0) is 9.35. The molecule has 6 heteroatoms. The van der Waals surface area contributed by atoms with Gasteiger partial charge >= 0.3 is 0 Å². The van der Waals surface area contributed by atoms with Crippen molar-refractivity contribution in [1.82, 2.24) is 4.98 Å². The van der Waals surface area contributed by atoms with E-state index < -0.39 is 9.05 Å². The molecule has 0 saturated carbocycles. The second kappa shape index (κ2) is 3.32. The van der Waals surface area contributed by atoms with E-state index in [2.05, 4.69) is 4.98 Å². The average molecular weight is 226 g/mol. The normalized spacial score (nSPS) is 12.3. The van der Waals surface area contributed by atoms with Crippen LogP contribution in [0.1, 0.15) is 24.8 Å². The first kappa shape index (κ1) is 9.95. The Hall–Kier alpha value is -0.130. The molecule has 0 saturated heterocycles. The minimum Gasteiger partial charge on any atom is -0.228 e. The van der Waals surface area contributed by atoms with Gasteiger partial charge in [-0.2, -0.15) is 0 Å². The molecule has 1 aromatic heterocycles. The van der Waals surface area contributed by atoms with Crippen LogP contribution in [0.4, 0.5) is 0 Å². The van der Waals surface area contributed by atoms with E-state index >= 15 is 0 Å². The van der Waals surface area contributed by atoms with Gasteiger partial charge in [0.2, 0.25) is 0 Å². The van der Waals surface area contributed by atoms with Gasteiger partial charge in [-0.05, 0) is 0 Å². The van der Waals surface area contributed by atoms with Gasteiger partial charge in [0.25, 0.3) is 9.05 Å². The van der Waals surface area contributed by atoms with Crippen LogP contribution in [0.15, 0.2) is 10.4 Å². The lowest BCUT2D eigenvalue weighted by Crippen LogP contribution is -1.92. The molecule has 0 unspecified atom stereocenters. The second-order valence-electron chi connectivity index (χ2n) is 2.62. The fraction of sp³-hybridized carbons (Fsp3) is 0.500. The molecule has 0 aliphatic carbocycles. The molecule has 12 heavy (non-hydrogen) atoms. The third-order valence-corrected chi connectivity index (χ3v) is 3.72. The number of halogens is 1. The summed E-state index contributed by atoms with van der Waals surface area (Å²) in [4.78, 5) is 3.88. The Balaban J connectivity index is 3.09. The monoisotopic (exact) mass is 225 g/mol. The topological polar surface area (TPSA) is 47.0 Å². The predicted octanol–water partition coefficient (Wildman–Crippen LogP) is 2.19. The standard InChI is InChI=1S/C6H8ClNO2S2/c1-4(2)6-8-5(3-11-6)12(7,9)10/h3-4H,1-2H3. The summed E-state index contributed by atoms with van der Waals surface area (Å²) in [5.41, 5.74) is 0. The third kappa shape index (κ3) is 2.18. The number of nitrogens with zero attached hydrogens (tertiary/aromatic N) is 1. The summed E-state index contributed by atoms with van der Waals surface area (Å²) in [6.45, 7) is 3.90. The fourth-order valence-electron chi connectivity index (χ4n) is 0.649. The van der Waals surface area contributed by atoms with Gasteiger partial charge in [0.1, 0.15) is 0 Å². The lowest BCUT2D eigenvalue weighted by atomic mass is 10.2. The van der Waals surface area contributed by atoms with E-state index in [0.717, 1.165) is 5.01 Å². The molecule has 0 aliphatic rings. The van der Waals surface area contributed by atoms with Gasteiger partial charge in [-0.15, -0.1) is 11.3 Å². The first-order chi connectivity index (χ1) is 5.41. The van der Waals surface area contributed by atoms with Crippen molar-refractivity contribution >= 4 is 31.1 Å². The fourth-order valence-corrected chi connectivity index (χ4v) is 2.65. The Morgan fingerprint density at radius 3 is 2.42 bits per heavy atom. The van der Waals surface area contributed by atoms with Gasteiger partial charge in [-0.3, -0.25) is 0 Å². The molecule has 3 nitrogen and oxygen atoms in total. The van der Waals surface area contributed by atoms with Crippen LogP contribution in [-0.2, 0) is 9.05 Å². The van der Waals surface area contributed by atoms with E-state index in [-0.39, 0.29) is 10.9 Å². The summed E-state index contributed by atoms with van der Waals surface area (Å²) in [7, 11) is 1.45. The molecule has 68 valence electrons. The van der Waals surface area contributed by atoms with Gasteiger partial charge in [-0.25, -0.2) is 13.4 Å². The molecule has 0 bridgehead atoms. The van der Waals surface area contributed by atoms with Crippen molar-refractivity contribution in [2.75, 3.05) is 0 Å². The van der Waals surface area contributed by atoms with E-state index in [1.807, 2.05) is 13.8 Å². The Morgan fingerprint density at radius 1 is 1.58 bits per heavy atom. The molecular formula is C6H8ClNO2S2. The van der Waals surface area contributed by atoms with Crippen LogP contribution >= 0.6 is 22.0 Å². The molecule has 0 atom stereocenters. The molecule has 0 amide bonds.